The second-order valence-electron chi connectivity index (χ2n) is 3.58. The molecule has 3 nitrogen and oxygen atoms in total. The van der Waals surface area contributed by atoms with E-state index < -0.39 is 6.10 Å². The van der Waals surface area contributed by atoms with E-state index in [1.54, 1.807) is 43.8 Å². The number of hydrogen-bond donors (Lipinski definition) is 1. The van der Waals surface area contributed by atoms with E-state index in [1.165, 1.54) is 0 Å². The highest BCUT2D eigenvalue weighted by molar-refractivity contribution is 6.32. The third kappa shape index (κ3) is 2.57. The Kier molecular flexibility index (Phi) is 3.61. The zero-order valence-corrected chi connectivity index (χ0v) is 10.1. The van der Waals surface area contributed by atoms with Gasteiger partial charge in [-0.1, -0.05) is 23.7 Å². The molecule has 0 aliphatic carbocycles. The molecule has 1 atom stereocenters. The molecule has 17 heavy (non-hydrogen) atoms. The van der Waals surface area contributed by atoms with Crippen LogP contribution in [0.1, 0.15) is 17.2 Å². The van der Waals surface area contributed by atoms with Crippen molar-refractivity contribution in [2.75, 3.05) is 7.11 Å². The summed E-state index contributed by atoms with van der Waals surface area (Å²) in [4.78, 5) is 3.97. The van der Waals surface area contributed by atoms with Crippen molar-refractivity contribution >= 4 is 11.6 Å². The normalized spacial score (nSPS) is 12.2. The molecule has 0 saturated carbocycles. The zero-order chi connectivity index (χ0) is 12.3. The molecule has 0 bridgehead atoms. The molecule has 1 aromatic heterocycles. The number of nitrogens with zero attached hydrogens (tertiary/aromatic N) is 1. The summed E-state index contributed by atoms with van der Waals surface area (Å²) in [6.07, 6.45) is 2.57. The van der Waals surface area contributed by atoms with Crippen LogP contribution in [0.5, 0.6) is 5.75 Å². The predicted octanol–water partition coefficient (Wildman–Crippen LogP) is 2.83. The van der Waals surface area contributed by atoms with Crippen LogP contribution >= 0.6 is 11.6 Å². The van der Waals surface area contributed by atoms with Crippen molar-refractivity contribution in [3.05, 3.63) is 58.9 Å². The van der Waals surface area contributed by atoms with Crippen molar-refractivity contribution < 1.29 is 9.84 Å². The topological polar surface area (TPSA) is 42.4 Å². The minimum atomic E-state index is -0.727. The number of ether oxygens (including phenoxy) is 1. The molecule has 2 rings (SSSR count). The Labute approximate surface area is 105 Å². The fraction of sp³-hybridized carbons (Fsp3) is 0.154. The van der Waals surface area contributed by atoms with Crippen LogP contribution in [-0.4, -0.2) is 17.2 Å². The number of rotatable bonds is 3. The maximum absolute atomic E-state index is 10.2. The SMILES string of the molecule is COc1cc(C(O)c2cccnc2)ccc1Cl. The van der Waals surface area contributed by atoms with Crippen molar-refractivity contribution in [3.63, 3.8) is 0 Å². The molecule has 0 amide bonds. The highest BCUT2D eigenvalue weighted by atomic mass is 35.5. The number of benzene rings is 1. The van der Waals surface area contributed by atoms with Gasteiger partial charge in [0.2, 0.25) is 0 Å². The van der Waals surface area contributed by atoms with Crippen LogP contribution in [0.3, 0.4) is 0 Å². The summed E-state index contributed by atoms with van der Waals surface area (Å²) in [5.41, 5.74) is 1.45. The van der Waals surface area contributed by atoms with Gasteiger partial charge >= 0.3 is 0 Å². The van der Waals surface area contributed by atoms with Gasteiger partial charge in [-0.2, -0.15) is 0 Å². The van der Waals surface area contributed by atoms with Crippen LogP contribution in [0.25, 0.3) is 0 Å². The summed E-state index contributed by atoms with van der Waals surface area (Å²) < 4.78 is 5.11. The molecule has 4 heteroatoms. The molecule has 1 N–H and O–H groups in total. The summed E-state index contributed by atoms with van der Waals surface area (Å²) in [6, 6.07) is 8.79. The number of hydrogen-bond acceptors (Lipinski definition) is 3. The van der Waals surface area contributed by atoms with Crippen molar-refractivity contribution in [2.24, 2.45) is 0 Å². The van der Waals surface area contributed by atoms with Crippen molar-refractivity contribution in [3.8, 4) is 5.75 Å². The first-order valence-electron chi connectivity index (χ1n) is 5.14. The van der Waals surface area contributed by atoms with Crippen LogP contribution in [0.4, 0.5) is 0 Å². The molecule has 0 fully saturated rings. The fourth-order valence-electron chi connectivity index (χ4n) is 1.58. The van der Waals surface area contributed by atoms with E-state index >= 15 is 0 Å². The number of methoxy groups -OCH3 is 1. The number of pyridine rings is 1. The second kappa shape index (κ2) is 5.17. The van der Waals surface area contributed by atoms with E-state index in [0.717, 1.165) is 11.1 Å². The van der Waals surface area contributed by atoms with Gasteiger partial charge in [-0.15, -0.1) is 0 Å². The smallest absolute Gasteiger partial charge is 0.137 e. The molecule has 88 valence electrons. The van der Waals surface area contributed by atoms with E-state index in [4.69, 9.17) is 16.3 Å². The molecule has 1 aromatic carbocycles. The van der Waals surface area contributed by atoms with Gasteiger partial charge in [-0.3, -0.25) is 4.98 Å². The Morgan fingerprint density at radius 1 is 1.29 bits per heavy atom. The van der Waals surface area contributed by atoms with E-state index in [2.05, 4.69) is 4.98 Å². The zero-order valence-electron chi connectivity index (χ0n) is 9.30. The van der Waals surface area contributed by atoms with Crippen LogP contribution in [-0.2, 0) is 0 Å². The number of halogens is 1. The van der Waals surface area contributed by atoms with Crippen LogP contribution in [0.2, 0.25) is 5.02 Å². The Morgan fingerprint density at radius 3 is 2.76 bits per heavy atom. The molecule has 0 saturated heterocycles. The average Bonchev–Trinajstić information content (AvgIpc) is 2.39. The Bertz CT molecular complexity index is 502. The van der Waals surface area contributed by atoms with Crippen molar-refractivity contribution in [2.45, 2.75) is 6.10 Å². The molecular formula is C13H12ClNO2. The molecule has 1 unspecified atom stereocenters. The van der Waals surface area contributed by atoms with E-state index in [9.17, 15) is 5.11 Å². The first kappa shape index (κ1) is 11.9. The molecule has 0 aliphatic rings. The molecule has 0 radical (unpaired) electrons. The maximum Gasteiger partial charge on any atom is 0.137 e. The Balaban J connectivity index is 2.34. The van der Waals surface area contributed by atoms with Gasteiger partial charge in [0.1, 0.15) is 11.9 Å². The highest BCUT2D eigenvalue weighted by Gasteiger charge is 2.12. The van der Waals surface area contributed by atoms with E-state index in [-0.39, 0.29) is 0 Å². The van der Waals surface area contributed by atoms with Gasteiger partial charge in [0.05, 0.1) is 12.1 Å². The Hall–Kier alpha value is -1.58. The monoisotopic (exact) mass is 249 g/mol. The Morgan fingerprint density at radius 2 is 2.12 bits per heavy atom. The van der Waals surface area contributed by atoms with Gasteiger partial charge < -0.3 is 9.84 Å². The second-order valence-corrected chi connectivity index (χ2v) is 3.99. The van der Waals surface area contributed by atoms with Crippen LogP contribution in [0, 0.1) is 0 Å². The van der Waals surface area contributed by atoms with Crippen molar-refractivity contribution in [1.29, 1.82) is 0 Å². The lowest BCUT2D eigenvalue weighted by Gasteiger charge is -2.12. The van der Waals surface area contributed by atoms with Gasteiger partial charge in [-0.05, 0) is 23.8 Å². The minimum absolute atomic E-state index is 0.523. The fourth-order valence-corrected chi connectivity index (χ4v) is 1.77. The average molecular weight is 250 g/mol. The van der Waals surface area contributed by atoms with Gasteiger partial charge in [0, 0.05) is 18.0 Å². The number of aliphatic hydroxyl groups is 1. The lowest BCUT2D eigenvalue weighted by molar-refractivity contribution is 0.219. The first-order valence-corrected chi connectivity index (χ1v) is 5.51. The summed E-state index contributed by atoms with van der Waals surface area (Å²) in [7, 11) is 1.54. The minimum Gasteiger partial charge on any atom is -0.495 e. The maximum atomic E-state index is 10.2. The predicted molar refractivity (Wildman–Crippen MR) is 66.3 cm³/mol. The van der Waals surface area contributed by atoms with Crippen LogP contribution in [0.15, 0.2) is 42.7 Å². The first-order chi connectivity index (χ1) is 8.22. The molecule has 0 spiro atoms. The standard InChI is InChI=1S/C13H12ClNO2/c1-17-12-7-9(4-5-11(12)14)13(16)10-3-2-6-15-8-10/h2-8,13,16H,1H3. The van der Waals surface area contributed by atoms with E-state index in [1.807, 2.05) is 6.07 Å². The summed E-state index contributed by atoms with van der Waals surface area (Å²) >= 11 is 5.93. The lowest BCUT2D eigenvalue weighted by atomic mass is 10.0. The van der Waals surface area contributed by atoms with E-state index in [0.29, 0.717) is 10.8 Å². The van der Waals surface area contributed by atoms with Gasteiger partial charge in [-0.25, -0.2) is 0 Å². The van der Waals surface area contributed by atoms with Crippen LogP contribution < -0.4 is 4.74 Å². The third-order valence-electron chi connectivity index (χ3n) is 2.49. The number of aliphatic hydroxyl groups excluding tert-OH is 1. The summed E-state index contributed by atoms with van der Waals surface area (Å²) in [6.45, 7) is 0. The molecule has 1 heterocycles. The quantitative estimate of drug-likeness (QED) is 0.910. The number of aromatic nitrogens is 1. The summed E-state index contributed by atoms with van der Waals surface area (Å²) in [5, 5.41) is 10.7. The summed E-state index contributed by atoms with van der Waals surface area (Å²) in [5.74, 6) is 0.548. The molecule has 0 aliphatic heterocycles. The van der Waals surface area contributed by atoms with Gasteiger partial charge in [0.15, 0.2) is 0 Å². The third-order valence-corrected chi connectivity index (χ3v) is 2.80. The molecule has 2 aromatic rings. The highest BCUT2D eigenvalue weighted by Crippen LogP contribution is 2.30. The van der Waals surface area contributed by atoms with Gasteiger partial charge in [0.25, 0.3) is 0 Å². The largest absolute Gasteiger partial charge is 0.495 e. The molecular weight excluding hydrogens is 238 g/mol. The lowest BCUT2D eigenvalue weighted by Crippen LogP contribution is -2.00. The van der Waals surface area contributed by atoms with Crippen molar-refractivity contribution in [1.82, 2.24) is 4.98 Å².